The summed E-state index contributed by atoms with van der Waals surface area (Å²) in [6.07, 6.45) is 1.74. The van der Waals surface area contributed by atoms with Crippen LogP contribution in [0.3, 0.4) is 0 Å². The Kier molecular flexibility index (Phi) is 5.67. The van der Waals surface area contributed by atoms with Crippen molar-refractivity contribution in [2.75, 3.05) is 26.4 Å². The van der Waals surface area contributed by atoms with Crippen LogP contribution in [0.25, 0.3) is 0 Å². The summed E-state index contributed by atoms with van der Waals surface area (Å²) in [5.74, 6) is -0.0346. The van der Waals surface area contributed by atoms with Crippen molar-refractivity contribution in [1.29, 1.82) is 0 Å². The first-order valence-electron chi connectivity index (χ1n) is 9.86. The van der Waals surface area contributed by atoms with E-state index in [2.05, 4.69) is 0 Å². The summed E-state index contributed by atoms with van der Waals surface area (Å²) in [6, 6.07) is 9.24. The highest BCUT2D eigenvalue weighted by atomic mass is 19.1. The van der Waals surface area contributed by atoms with Crippen molar-refractivity contribution in [3.63, 3.8) is 0 Å². The Balaban J connectivity index is 1.37. The first kappa shape index (κ1) is 19.6. The molecule has 2 aromatic carbocycles. The number of rotatable bonds is 6. The second-order valence-corrected chi connectivity index (χ2v) is 7.60. The molecule has 2 aromatic rings. The fraction of sp³-hybridized carbons (Fsp3) is 0.409. The summed E-state index contributed by atoms with van der Waals surface area (Å²) in [6.45, 7) is 1.61. The Morgan fingerprint density at radius 2 is 1.93 bits per heavy atom. The number of piperidine rings is 1. The number of nitrogens with two attached hydrogens (primary N) is 1. The maximum absolute atomic E-state index is 14.2. The van der Waals surface area contributed by atoms with E-state index in [0.717, 1.165) is 42.0 Å². The Morgan fingerprint density at radius 1 is 1.10 bits per heavy atom. The fourth-order valence-electron chi connectivity index (χ4n) is 4.18. The zero-order chi connectivity index (χ0) is 20.4. The van der Waals surface area contributed by atoms with Crippen molar-refractivity contribution in [3.05, 3.63) is 59.2 Å². The summed E-state index contributed by atoms with van der Waals surface area (Å²) in [4.78, 5) is 14.5. The monoisotopic (exact) mass is 402 g/mol. The quantitative estimate of drug-likeness (QED) is 0.806. The predicted octanol–water partition coefficient (Wildman–Crippen LogP) is 3.22. The molecule has 2 unspecified atom stereocenters. The van der Waals surface area contributed by atoms with Gasteiger partial charge in [-0.1, -0.05) is 6.07 Å². The highest BCUT2D eigenvalue weighted by Crippen LogP contribution is 2.35. The standard InChI is InChI=1S/C22H24F2N2O3/c23-16-4-5-19(24)18(9-16)17-10-22(27)26(12-15(17)11-25)7-1-2-14-3-6-20-21(8-14)29-13-28-20/h3-6,8-9,15,17H,1-2,7,10-13,25H2. The molecule has 1 fully saturated rings. The molecule has 0 saturated carbocycles. The molecule has 0 radical (unpaired) electrons. The van der Waals surface area contributed by atoms with Crippen LogP contribution in [0.1, 0.15) is 29.9 Å². The highest BCUT2D eigenvalue weighted by molar-refractivity contribution is 5.78. The molecule has 1 amide bonds. The Hall–Kier alpha value is -2.67. The summed E-state index contributed by atoms with van der Waals surface area (Å²) >= 11 is 0. The molecule has 4 rings (SSSR count). The Bertz CT molecular complexity index is 906. The fourth-order valence-corrected chi connectivity index (χ4v) is 4.18. The minimum absolute atomic E-state index is 0.0472. The third kappa shape index (κ3) is 4.19. The van der Waals surface area contributed by atoms with Crippen molar-refractivity contribution >= 4 is 5.91 Å². The number of nitrogens with zero attached hydrogens (tertiary/aromatic N) is 1. The number of likely N-dealkylation sites (tertiary alicyclic amines) is 1. The molecule has 0 spiro atoms. The first-order chi connectivity index (χ1) is 14.0. The zero-order valence-corrected chi connectivity index (χ0v) is 16.1. The number of aryl methyl sites for hydroxylation is 1. The van der Waals surface area contributed by atoms with Gasteiger partial charge in [-0.25, -0.2) is 8.78 Å². The Labute approximate surface area is 168 Å². The van der Waals surface area contributed by atoms with E-state index in [0.29, 0.717) is 19.6 Å². The Morgan fingerprint density at radius 3 is 2.76 bits per heavy atom. The predicted molar refractivity (Wildman–Crippen MR) is 104 cm³/mol. The molecular weight excluding hydrogens is 378 g/mol. The van der Waals surface area contributed by atoms with Gasteiger partial charge in [0.15, 0.2) is 11.5 Å². The van der Waals surface area contributed by atoms with E-state index >= 15 is 0 Å². The van der Waals surface area contributed by atoms with Gasteiger partial charge in [0.1, 0.15) is 11.6 Å². The number of carbonyl (C=O) groups excluding carboxylic acids is 1. The lowest BCUT2D eigenvalue weighted by Crippen LogP contribution is -2.46. The number of fused-ring (bicyclic) bond motifs is 1. The van der Waals surface area contributed by atoms with Crippen molar-refractivity contribution < 1.29 is 23.0 Å². The summed E-state index contributed by atoms with van der Waals surface area (Å²) < 4.78 is 38.5. The van der Waals surface area contributed by atoms with E-state index in [1.54, 1.807) is 4.90 Å². The van der Waals surface area contributed by atoms with Gasteiger partial charge in [-0.3, -0.25) is 4.79 Å². The highest BCUT2D eigenvalue weighted by Gasteiger charge is 2.35. The van der Waals surface area contributed by atoms with Crippen molar-refractivity contribution in [2.45, 2.75) is 25.2 Å². The van der Waals surface area contributed by atoms with Crippen molar-refractivity contribution in [1.82, 2.24) is 4.90 Å². The number of hydrogen-bond donors (Lipinski definition) is 1. The number of halogens is 2. The molecule has 0 aliphatic carbocycles. The van der Waals surface area contributed by atoms with Crippen LogP contribution in [0.15, 0.2) is 36.4 Å². The summed E-state index contributed by atoms with van der Waals surface area (Å²) in [5, 5.41) is 0. The van der Waals surface area contributed by atoms with E-state index in [4.69, 9.17) is 15.2 Å². The van der Waals surface area contributed by atoms with Crippen molar-refractivity contribution in [2.24, 2.45) is 11.7 Å². The van der Waals surface area contributed by atoms with Crippen LogP contribution in [0.2, 0.25) is 0 Å². The number of ether oxygens (including phenoxy) is 2. The van der Waals surface area contributed by atoms with Gasteiger partial charge in [-0.15, -0.1) is 0 Å². The second kappa shape index (κ2) is 8.37. The summed E-state index contributed by atoms with van der Waals surface area (Å²) in [5.41, 5.74) is 7.28. The molecule has 1 saturated heterocycles. The maximum atomic E-state index is 14.2. The van der Waals surface area contributed by atoms with E-state index in [-0.39, 0.29) is 30.6 Å². The maximum Gasteiger partial charge on any atom is 0.231 e. The van der Waals surface area contributed by atoms with E-state index in [1.165, 1.54) is 6.07 Å². The van der Waals surface area contributed by atoms with Gasteiger partial charge in [0.05, 0.1) is 0 Å². The molecule has 2 aliphatic heterocycles. The lowest BCUT2D eigenvalue weighted by atomic mass is 9.79. The van der Waals surface area contributed by atoms with Gasteiger partial charge < -0.3 is 20.1 Å². The number of hydrogen-bond acceptors (Lipinski definition) is 4. The SMILES string of the molecule is NCC1CN(CCCc2ccc3c(c2)OCO3)C(=O)CC1c1cc(F)ccc1F. The molecule has 5 nitrogen and oxygen atoms in total. The lowest BCUT2D eigenvalue weighted by molar-refractivity contribution is -0.135. The lowest BCUT2D eigenvalue weighted by Gasteiger charge is -2.38. The molecule has 2 atom stereocenters. The molecule has 2 N–H and O–H groups in total. The molecular formula is C22H24F2N2O3. The van der Waals surface area contributed by atoms with Crippen LogP contribution in [0.4, 0.5) is 8.78 Å². The smallest absolute Gasteiger partial charge is 0.231 e. The summed E-state index contributed by atoms with van der Waals surface area (Å²) in [7, 11) is 0. The first-order valence-corrected chi connectivity index (χ1v) is 9.86. The van der Waals surface area contributed by atoms with Crippen LogP contribution in [0.5, 0.6) is 11.5 Å². The zero-order valence-electron chi connectivity index (χ0n) is 16.1. The number of carbonyl (C=O) groups is 1. The minimum atomic E-state index is -0.504. The van der Waals surface area contributed by atoms with E-state index < -0.39 is 17.6 Å². The normalized spacial score (nSPS) is 20.9. The van der Waals surface area contributed by atoms with Gasteiger partial charge in [-0.2, -0.15) is 0 Å². The molecule has 154 valence electrons. The molecule has 0 bridgehead atoms. The molecule has 2 heterocycles. The molecule has 0 aromatic heterocycles. The molecule has 2 aliphatic rings. The number of amides is 1. The third-order valence-corrected chi connectivity index (χ3v) is 5.76. The van der Waals surface area contributed by atoms with Gasteiger partial charge >= 0.3 is 0 Å². The van der Waals surface area contributed by atoms with Gasteiger partial charge in [0.25, 0.3) is 0 Å². The molecule has 29 heavy (non-hydrogen) atoms. The van der Waals surface area contributed by atoms with Gasteiger partial charge in [0.2, 0.25) is 12.7 Å². The topological polar surface area (TPSA) is 64.8 Å². The van der Waals surface area contributed by atoms with Crippen molar-refractivity contribution in [3.8, 4) is 11.5 Å². The van der Waals surface area contributed by atoms with Crippen LogP contribution in [0, 0.1) is 17.6 Å². The third-order valence-electron chi connectivity index (χ3n) is 5.76. The van der Waals surface area contributed by atoms with Crippen LogP contribution < -0.4 is 15.2 Å². The molecule has 7 heteroatoms. The van der Waals surface area contributed by atoms with Crippen LogP contribution >= 0.6 is 0 Å². The number of benzene rings is 2. The van der Waals surface area contributed by atoms with Gasteiger partial charge in [-0.05, 0) is 66.8 Å². The average molecular weight is 402 g/mol. The second-order valence-electron chi connectivity index (χ2n) is 7.60. The van der Waals surface area contributed by atoms with Gasteiger partial charge in [0, 0.05) is 25.4 Å². The van der Waals surface area contributed by atoms with Crippen LogP contribution in [-0.4, -0.2) is 37.2 Å². The van der Waals surface area contributed by atoms with E-state index in [1.807, 2.05) is 18.2 Å². The minimum Gasteiger partial charge on any atom is -0.454 e. The largest absolute Gasteiger partial charge is 0.454 e. The van der Waals surface area contributed by atoms with E-state index in [9.17, 15) is 13.6 Å². The average Bonchev–Trinajstić information content (AvgIpc) is 3.18. The van der Waals surface area contributed by atoms with Crippen LogP contribution in [-0.2, 0) is 11.2 Å².